The number of sulfonamides is 1. The summed E-state index contributed by atoms with van der Waals surface area (Å²) in [4.78, 5) is 12.5. The lowest BCUT2D eigenvalue weighted by atomic mass is 10.2. The van der Waals surface area contributed by atoms with Crippen molar-refractivity contribution < 1.29 is 26.9 Å². The second-order valence-electron chi connectivity index (χ2n) is 5.82. The smallest absolute Gasteiger partial charge is 0.340 e. The summed E-state index contributed by atoms with van der Waals surface area (Å²) < 4.78 is 43.1. The van der Waals surface area contributed by atoms with E-state index in [1.807, 2.05) is 0 Å². The Balaban J connectivity index is 1.47. The number of ether oxygens (including phenoxy) is 1. The molecular formula is C19H14N2O6S2. The van der Waals surface area contributed by atoms with Gasteiger partial charge in [-0.2, -0.15) is 0 Å². The van der Waals surface area contributed by atoms with E-state index in [1.165, 1.54) is 24.5 Å². The van der Waals surface area contributed by atoms with Crippen LogP contribution in [0.5, 0.6) is 0 Å². The fraction of sp³-hybridized carbons (Fsp3) is 0.0526. The molecule has 0 atom stereocenters. The van der Waals surface area contributed by atoms with Crippen LogP contribution in [0.25, 0.3) is 11.5 Å². The van der Waals surface area contributed by atoms with E-state index in [1.54, 1.807) is 41.8 Å². The zero-order chi connectivity index (χ0) is 20.3. The van der Waals surface area contributed by atoms with Crippen LogP contribution in [0, 0.1) is 0 Å². The van der Waals surface area contributed by atoms with Crippen molar-refractivity contribution in [2.24, 2.45) is 0 Å². The van der Waals surface area contributed by atoms with Gasteiger partial charge in [-0.15, -0.1) is 11.3 Å². The first-order chi connectivity index (χ1) is 14.0. The molecule has 0 saturated carbocycles. The summed E-state index contributed by atoms with van der Waals surface area (Å²) in [7, 11) is -3.79. The summed E-state index contributed by atoms with van der Waals surface area (Å²) in [5.41, 5.74) is 0.603. The number of aromatic nitrogens is 1. The van der Waals surface area contributed by atoms with E-state index >= 15 is 0 Å². The molecule has 3 heterocycles. The molecule has 29 heavy (non-hydrogen) atoms. The number of rotatable bonds is 7. The third kappa shape index (κ3) is 4.23. The predicted molar refractivity (Wildman–Crippen MR) is 105 cm³/mol. The minimum absolute atomic E-state index is 0.0855. The lowest BCUT2D eigenvalue weighted by Crippen LogP contribution is -2.15. The summed E-state index contributed by atoms with van der Waals surface area (Å²) >= 11 is 1.08. The molecule has 0 saturated heterocycles. The van der Waals surface area contributed by atoms with Crippen molar-refractivity contribution in [1.82, 2.24) is 5.16 Å². The van der Waals surface area contributed by atoms with Crippen LogP contribution in [0.2, 0.25) is 0 Å². The Bertz CT molecular complexity index is 1210. The van der Waals surface area contributed by atoms with E-state index in [2.05, 4.69) is 9.88 Å². The van der Waals surface area contributed by atoms with Crippen LogP contribution in [0.4, 0.5) is 5.69 Å². The van der Waals surface area contributed by atoms with Crippen molar-refractivity contribution in [3.63, 3.8) is 0 Å². The summed E-state index contributed by atoms with van der Waals surface area (Å²) in [6, 6.07) is 14.3. The van der Waals surface area contributed by atoms with Gasteiger partial charge in [0.25, 0.3) is 10.0 Å². The minimum atomic E-state index is -3.79. The van der Waals surface area contributed by atoms with Crippen LogP contribution < -0.4 is 4.72 Å². The van der Waals surface area contributed by atoms with Crippen LogP contribution in [0.1, 0.15) is 16.1 Å². The highest BCUT2D eigenvalue weighted by molar-refractivity contribution is 7.94. The number of benzene rings is 1. The maximum absolute atomic E-state index is 12.5. The van der Waals surface area contributed by atoms with Crippen molar-refractivity contribution in [3.05, 3.63) is 77.5 Å². The standard InChI is InChI=1S/C19H14N2O6S2/c22-19(26-12-13-11-17(27-20-13)16-7-3-9-25-16)14-5-1-2-6-15(14)21-29(23,24)18-8-4-10-28-18/h1-11,21H,12H2. The van der Waals surface area contributed by atoms with Crippen molar-refractivity contribution in [2.45, 2.75) is 10.8 Å². The lowest BCUT2D eigenvalue weighted by molar-refractivity contribution is 0.0465. The monoisotopic (exact) mass is 430 g/mol. The molecule has 148 valence electrons. The molecule has 0 aliphatic heterocycles. The Morgan fingerprint density at radius 3 is 2.72 bits per heavy atom. The van der Waals surface area contributed by atoms with Gasteiger partial charge in [0, 0.05) is 6.07 Å². The van der Waals surface area contributed by atoms with E-state index < -0.39 is 16.0 Å². The van der Waals surface area contributed by atoms with Gasteiger partial charge in [-0.3, -0.25) is 4.72 Å². The zero-order valence-corrected chi connectivity index (χ0v) is 16.4. The van der Waals surface area contributed by atoms with Crippen LogP contribution in [0.15, 0.2) is 79.4 Å². The number of para-hydroxylation sites is 1. The van der Waals surface area contributed by atoms with Gasteiger partial charge in [0.1, 0.15) is 16.5 Å². The molecule has 0 unspecified atom stereocenters. The number of hydrogen-bond acceptors (Lipinski definition) is 8. The molecule has 0 spiro atoms. The molecule has 3 aromatic heterocycles. The van der Waals surface area contributed by atoms with Gasteiger partial charge in [0.2, 0.25) is 5.76 Å². The lowest BCUT2D eigenvalue weighted by Gasteiger charge is -2.11. The number of furan rings is 1. The molecular weight excluding hydrogens is 416 g/mol. The number of nitrogens with zero attached hydrogens (tertiary/aromatic N) is 1. The Morgan fingerprint density at radius 1 is 1.10 bits per heavy atom. The second-order valence-corrected chi connectivity index (χ2v) is 8.68. The molecule has 1 N–H and O–H groups in total. The van der Waals surface area contributed by atoms with Crippen LogP contribution >= 0.6 is 11.3 Å². The van der Waals surface area contributed by atoms with Crippen molar-refractivity contribution in [2.75, 3.05) is 4.72 Å². The summed E-state index contributed by atoms with van der Waals surface area (Å²) in [5.74, 6) is 0.214. The van der Waals surface area contributed by atoms with E-state index in [0.29, 0.717) is 17.2 Å². The van der Waals surface area contributed by atoms with Crippen molar-refractivity contribution in [3.8, 4) is 11.5 Å². The Morgan fingerprint density at radius 2 is 1.97 bits per heavy atom. The third-order valence-electron chi connectivity index (χ3n) is 3.83. The summed E-state index contributed by atoms with van der Waals surface area (Å²) in [6.07, 6.45) is 1.51. The first kappa shape index (κ1) is 19.0. The Hall–Kier alpha value is -3.37. The van der Waals surface area contributed by atoms with E-state index in [4.69, 9.17) is 13.7 Å². The molecule has 10 heteroatoms. The maximum atomic E-state index is 12.5. The SMILES string of the molecule is O=C(OCc1cc(-c2ccco2)on1)c1ccccc1NS(=O)(=O)c1cccs1. The van der Waals surface area contributed by atoms with Gasteiger partial charge in [0.05, 0.1) is 17.5 Å². The molecule has 0 radical (unpaired) electrons. The molecule has 0 aliphatic carbocycles. The highest BCUT2D eigenvalue weighted by atomic mass is 32.2. The van der Waals surface area contributed by atoms with Gasteiger partial charge >= 0.3 is 5.97 Å². The number of thiophene rings is 1. The van der Waals surface area contributed by atoms with Gasteiger partial charge in [-0.05, 0) is 35.7 Å². The van der Waals surface area contributed by atoms with Gasteiger partial charge < -0.3 is 13.7 Å². The molecule has 0 fully saturated rings. The van der Waals surface area contributed by atoms with Crippen molar-refractivity contribution >= 4 is 33.0 Å². The van der Waals surface area contributed by atoms with Crippen LogP contribution in [-0.4, -0.2) is 19.5 Å². The third-order valence-corrected chi connectivity index (χ3v) is 6.59. The van der Waals surface area contributed by atoms with Gasteiger partial charge in [-0.25, -0.2) is 13.2 Å². The van der Waals surface area contributed by atoms with Gasteiger partial charge in [0.15, 0.2) is 5.76 Å². The number of nitrogens with one attached hydrogen (secondary N) is 1. The van der Waals surface area contributed by atoms with E-state index in [-0.39, 0.29) is 22.1 Å². The highest BCUT2D eigenvalue weighted by Crippen LogP contribution is 2.24. The molecule has 4 aromatic rings. The molecule has 0 aliphatic rings. The Kier molecular flexibility index (Phi) is 5.19. The predicted octanol–water partition coefficient (Wildman–Crippen LogP) is 4.15. The normalized spacial score (nSPS) is 11.3. The largest absolute Gasteiger partial charge is 0.461 e. The fourth-order valence-corrected chi connectivity index (χ4v) is 4.57. The average molecular weight is 430 g/mol. The summed E-state index contributed by atoms with van der Waals surface area (Å²) in [5, 5.41) is 5.49. The summed E-state index contributed by atoms with van der Waals surface area (Å²) in [6.45, 7) is -0.144. The number of anilines is 1. The molecule has 0 bridgehead atoms. The minimum Gasteiger partial charge on any atom is -0.461 e. The van der Waals surface area contributed by atoms with E-state index in [0.717, 1.165) is 11.3 Å². The quantitative estimate of drug-likeness (QED) is 0.438. The maximum Gasteiger partial charge on any atom is 0.340 e. The first-order valence-corrected chi connectivity index (χ1v) is 10.7. The second kappa shape index (κ2) is 7.94. The highest BCUT2D eigenvalue weighted by Gasteiger charge is 2.20. The number of esters is 1. The van der Waals surface area contributed by atoms with Crippen LogP contribution in [-0.2, 0) is 21.4 Å². The molecule has 8 nitrogen and oxygen atoms in total. The Labute approximate surface area is 169 Å². The molecule has 0 amide bonds. The van der Waals surface area contributed by atoms with Crippen LogP contribution in [0.3, 0.4) is 0 Å². The number of carbonyl (C=O) groups is 1. The topological polar surface area (TPSA) is 112 Å². The van der Waals surface area contributed by atoms with Crippen molar-refractivity contribution in [1.29, 1.82) is 0 Å². The first-order valence-electron chi connectivity index (χ1n) is 8.35. The zero-order valence-electron chi connectivity index (χ0n) is 14.8. The van der Waals surface area contributed by atoms with E-state index in [9.17, 15) is 13.2 Å². The number of hydrogen-bond donors (Lipinski definition) is 1. The number of carbonyl (C=O) groups excluding carboxylic acids is 1. The van der Waals surface area contributed by atoms with Gasteiger partial charge in [-0.1, -0.05) is 23.4 Å². The fourth-order valence-electron chi connectivity index (χ4n) is 2.49. The molecule has 4 rings (SSSR count). The average Bonchev–Trinajstić information content (AvgIpc) is 3.48. The molecule has 1 aromatic carbocycles.